The zero-order valence-electron chi connectivity index (χ0n) is 6.72. The highest BCUT2D eigenvalue weighted by molar-refractivity contribution is 5.98. The van der Waals surface area contributed by atoms with E-state index < -0.39 is 0 Å². The lowest BCUT2D eigenvalue weighted by Crippen LogP contribution is -2.10. The summed E-state index contributed by atoms with van der Waals surface area (Å²) >= 11 is 0. The molecule has 1 aliphatic carbocycles. The van der Waals surface area contributed by atoms with Crippen LogP contribution in [-0.2, 0) is 9.59 Å². The first-order valence-corrected chi connectivity index (χ1v) is 3.91. The molecule has 0 aromatic heterocycles. The number of carbonyl (C=O) groups is 2. The largest absolute Gasteiger partial charge is 0.303 e. The topological polar surface area (TPSA) is 34.1 Å². The third-order valence-electron chi connectivity index (χ3n) is 2.09. The number of hydrogen-bond donors (Lipinski definition) is 0. The molecule has 60 valence electrons. The molecule has 0 saturated heterocycles. The Balaban J connectivity index is 2.81. The summed E-state index contributed by atoms with van der Waals surface area (Å²) in [6.45, 7) is 1.94. The Labute approximate surface area is 66.3 Å². The highest BCUT2D eigenvalue weighted by Gasteiger charge is 2.16. The fourth-order valence-electron chi connectivity index (χ4n) is 1.43. The monoisotopic (exact) mass is 152 g/mol. The first kappa shape index (κ1) is 8.18. The molecule has 11 heavy (non-hydrogen) atoms. The lowest BCUT2D eigenvalue weighted by atomic mass is 9.90. The Kier molecular flexibility index (Phi) is 2.58. The lowest BCUT2D eigenvalue weighted by molar-refractivity contribution is -0.117. The van der Waals surface area contributed by atoms with Crippen LogP contribution in [0.5, 0.6) is 0 Å². The molecule has 0 saturated carbocycles. The second kappa shape index (κ2) is 3.46. The second-order valence-corrected chi connectivity index (χ2v) is 2.91. The Morgan fingerprint density at radius 3 is 2.73 bits per heavy atom. The Morgan fingerprint density at radius 1 is 1.45 bits per heavy atom. The van der Waals surface area contributed by atoms with E-state index in [0.717, 1.165) is 30.3 Å². The van der Waals surface area contributed by atoms with Crippen LogP contribution in [0.3, 0.4) is 0 Å². The maximum Gasteiger partial charge on any atom is 0.159 e. The van der Waals surface area contributed by atoms with E-state index in [0.29, 0.717) is 12.8 Å². The van der Waals surface area contributed by atoms with E-state index >= 15 is 0 Å². The van der Waals surface area contributed by atoms with Crippen LogP contribution in [0.2, 0.25) is 0 Å². The minimum Gasteiger partial charge on any atom is -0.303 e. The number of aldehydes is 1. The van der Waals surface area contributed by atoms with Gasteiger partial charge in [0.05, 0.1) is 0 Å². The minimum atomic E-state index is 0.167. The smallest absolute Gasteiger partial charge is 0.159 e. The maximum absolute atomic E-state index is 11.2. The van der Waals surface area contributed by atoms with Gasteiger partial charge in [-0.15, -0.1) is 0 Å². The molecule has 0 atom stereocenters. The van der Waals surface area contributed by atoms with E-state index in [-0.39, 0.29) is 5.78 Å². The van der Waals surface area contributed by atoms with Crippen molar-refractivity contribution in [3.8, 4) is 0 Å². The van der Waals surface area contributed by atoms with Crippen LogP contribution in [0.1, 0.15) is 32.6 Å². The van der Waals surface area contributed by atoms with Crippen LogP contribution in [-0.4, -0.2) is 12.1 Å². The molecule has 0 amide bonds. The van der Waals surface area contributed by atoms with Crippen LogP contribution < -0.4 is 0 Å². The molecule has 0 radical (unpaired) electrons. The molecule has 2 nitrogen and oxygen atoms in total. The van der Waals surface area contributed by atoms with Crippen molar-refractivity contribution in [1.82, 2.24) is 0 Å². The molecule has 0 aromatic carbocycles. The van der Waals surface area contributed by atoms with Gasteiger partial charge in [-0.05, 0) is 19.8 Å². The highest BCUT2D eigenvalue weighted by Crippen LogP contribution is 2.22. The normalized spacial score (nSPS) is 18.8. The average Bonchev–Trinajstić information content (AvgIpc) is 1.97. The molecular formula is C9H12O2. The predicted octanol–water partition coefficient (Wildman–Crippen LogP) is 1.64. The summed E-state index contributed by atoms with van der Waals surface area (Å²) in [5.41, 5.74) is 1.86. The molecule has 0 bridgehead atoms. The van der Waals surface area contributed by atoms with Gasteiger partial charge in [0.15, 0.2) is 5.78 Å². The fraction of sp³-hybridized carbons (Fsp3) is 0.556. The Hall–Kier alpha value is -0.920. The summed E-state index contributed by atoms with van der Waals surface area (Å²) in [4.78, 5) is 21.4. The van der Waals surface area contributed by atoms with E-state index in [4.69, 9.17) is 0 Å². The first-order chi connectivity index (χ1) is 5.25. The van der Waals surface area contributed by atoms with Crippen LogP contribution in [0.15, 0.2) is 11.1 Å². The number of hydrogen-bond acceptors (Lipinski definition) is 2. The molecule has 1 aliphatic rings. The Morgan fingerprint density at radius 2 is 2.18 bits per heavy atom. The first-order valence-electron chi connectivity index (χ1n) is 3.91. The van der Waals surface area contributed by atoms with Crippen molar-refractivity contribution in [2.75, 3.05) is 0 Å². The molecule has 0 aromatic rings. The van der Waals surface area contributed by atoms with Gasteiger partial charge in [-0.2, -0.15) is 0 Å². The summed E-state index contributed by atoms with van der Waals surface area (Å²) in [5, 5.41) is 0. The molecular weight excluding hydrogens is 140 g/mol. The van der Waals surface area contributed by atoms with Crippen molar-refractivity contribution in [3.63, 3.8) is 0 Å². The van der Waals surface area contributed by atoms with Gasteiger partial charge < -0.3 is 4.79 Å². The van der Waals surface area contributed by atoms with Crippen molar-refractivity contribution in [2.45, 2.75) is 32.6 Å². The van der Waals surface area contributed by atoms with Crippen LogP contribution >= 0.6 is 0 Å². The number of allylic oxidation sites excluding steroid dienone is 2. The van der Waals surface area contributed by atoms with Crippen LogP contribution in [0.4, 0.5) is 0 Å². The second-order valence-electron chi connectivity index (χ2n) is 2.91. The summed E-state index contributed by atoms with van der Waals surface area (Å²) in [6.07, 6.45) is 3.68. The van der Waals surface area contributed by atoms with Crippen molar-refractivity contribution < 1.29 is 9.59 Å². The standard InChI is InChI=1S/C9H12O2/c1-7-3-2-4-9(11)8(7)5-6-10/h6H,2-5H2,1H3. The van der Waals surface area contributed by atoms with E-state index in [1.807, 2.05) is 6.92 Å². The molecule has 0 aliphatic heterocycles. The summed E-state index contributed by atoms with van der Waals surface area (Å²) < 4.78 is 0. The molecule has 1 rings (SSSR count). The number of Topliss-reactive ketones (excluding diaryl/α,β-unsaturated/α-hetero) is 1. The SMILES string of the molecule is CC1=C(CC=O)C(=O)CCC1. The summed E-state index contributed by atoms with van der Waals surface area (Å²) in [7, 11) is 0. The minimum absolute atomic E-state index is 0.167. The molecule has 0 unspecified atom stereocenters. The third kappa shape index (κ3) is 1.76. The van der Waals surface area contributed by atoms with Gasteiger partial charge in [0.2, 0.25) is 0 Å². The van der Waals surface area contributed by atoms with Gasteiger partial charge in [0.25, 0.3) is 0 Å². The van der Waals surface area contributed by atoms with Crippen molar-refractivity contribution in [2.24, 2.45) is 0 Å². The maximum atomic E-state index is 11.2. The van der Waals surface area contributed by atoms with E-state index in [1.165, 1.54) is 0 Å². The van der Waals surface area contributed by atoms with Crippen LogP contribution in [0, 0.1) is 0 Å². The molecule has 2 heteroatoms. The van der Waals surface area contributed by atoms with Gasteiger partial charge in [-0.3, -0.25) is 4.79 Å². The van der Waals surface area contributed by atoms with Gasteiger partial charge in [-0.1, -0.05) is 5.57 Å². The fourth-order valence-corrected chi connectivity index (χ4v) is 1.43. The van der Waals surface area contributed by atoms with E-state index in [9.17, 15) is 9.59 Å². The van der Waals surface area contributed by atoms with Crippen LogP contribution in [0.25, 0.3) is 0 Å². The molecule has 0 heterocycles. The zero-order valence-corrected chi connectivity index (χ0v) is 6.72. The van der Waals surface area contributed by atoms with Crippen molar-refractivity contribution in [3.05, 3.63) is 11.1 Å². The van der Waals surface area contributed by atoms with Gasteiger partial charge in [0, 0.05) is 18.4 Å². The third-order valence-corrected chi connectivity index (χ3v) is 2.09. The number of rotatable bonds is 2. The van der Waals surface area contributed by atoms with Gasteiger partial charge in [0.1, 0.15) is 6.29 Å². The number of ketones is 1. The Bertz CT molecular complexity index is 214. The van der Waals surface area contributed by atoms with E-state index in [1.54, 1.807) is 0 Å². The summed E-state index contributed by atoms with van der Waals surface area (Å²) in [6, 6.07) is 0. The molecule has 0 spiro atoms. The predicted molar refractivity (Wildman–Crippen MR) is 42.2 cm³/mol. The van der Waals surface area contributed by atoms with Gasteiger partial charge >= 0.3 is 0 Å². The zero-order chi connectivity index (χ0) is 8.27. The number of carbonyl (C=O) groups excluding carboxylic acids is 2. The quantitative estimate of drug-likeness (QED) is 0.564. The van der Waals surface area contributed by atoms with Gasteiger partial charge in [-0.25, -0.2) is 0 Å². The van der Waals surface area contributed by atoms with E-state index in [2.05, 4.69) is 0 Å². The lowest BCUT2D eigenvalue weighted by Gasteiger charge is -2.13. The molecule has 0 fully saturated rings. The molecule has 0 N–H and O–H groups in total. The summed E-state index contributed by atoms with van der Waals surface area (Å²) in [5.74, 6) is 0.167. The highest BCUT2D eigenvalue weighted by atomic mass is 16.1. The average molecular weight is 152 g/mol. The van der Waals surface area contributed by atoms with Crippen molar-refractivity contribution in [1.29, 1.82) is 0 Å². The van der Waals surface area contributed by atoms with Crippen molar-refractivity contribution >= 4 is 12.1 Å².